The third-order valence-corrected chi connectivity index (χ3v) is 8.23. The zero-order valence-corrected chi connectivity index (χ0v) is 25.4. The number of nitrogens with zero attached hydrogens (tertiary/aromatic N) is 3. The fourth-order valence-corrected chi connectivity index (χ4v) is 5.88. The molecule has 0 bridgehead atoms. The highest BCUT2D eigenvalue weighted by Gasteiger charge is 2.37. The highest BCUT2D eigenvalue weighted by atomic mass is 19.3. The van der Waals surface area contributed by atoms with Gasteiger partial charge in [-0.2, -0.15) is 5.10 Å². The van der Waals surface area contributed by atoms with Crippen molar-refractivity contribution in [3.05, 3.63) is 117 Å². The van der Waals surface area contributed by atoms with Crippen LogP contribution < -0.4 is 10.1 Å². The van der Waals surface area contributed by atoms with Gasteiger partial charge in [0.05, 0.1) is 29.5 Å². The molecule has 0 spiro atoms. The van der Waals surface area contributed by atoms with Crippen molar-refractivity contribution < 1.29 is 32.7 Å². The average Bonchev–Trinajstić information content (AvgIpc) is 3.29. The van der Waals surface area contributed by atoms with Gasteiger partial charge in [0.1, 0.15) is 11.3 Å². The number of benzene rings is 3. The van der Waals surface area contributed by atoms with Crippen LogP contribution in [0.3, 0.4) is 0 Å². The molecule has 3 amide bonds. The Balaban J connectivity index is 1.30. The van der Waals surface area contributed by atoms with Crippen LogP contribution in [0.15, 0.2) is 66.7 Å². The lowest BCUT2D eigenvalue weighted by Gasteiger charge is -2.24. The second-order valence-corrected chi connectivity index (χ2v) is 11.5. The van der Waals surface area contributed by atoms with E-state index in [4.69, 9.17) is 9.57 Å². The summed E-state index contributed by atoms with van der Waals surface area (Å²) in [5, 5.41) is 12.3. The first kappa shape index (κ1) is 31.0. The molecule has 9 nitrogen and oxygen atoms in total. The van der Waals surface area contributed by atoms with E-state index in [0.29, 0.717) is 30.5 Å². The maximum absolute atomic E-state index is 14.2. The maximum Gasteiger partial charge on any atom is 0.285 e. The lowest BCUT2D eigenvalue weighted by molar-refractivity contribution is -0.0969. The molecule has 46 heavy (non-hydrogen) atoms. The lowest BCUT2D eigenvalue weighted by Crippen LogP contribution is -2.43. The summed E-state index contributed by atoms with van der Waals surface area (Å²) in [7, 11) is 0. The number of ether oxygens (including phenoxy) is 1. The molecule has 0 fully saturated rings. The van der Waals surface area contributed by atoms with Crippen LogP contribution in [-0.4, -0.2) is 45.6 Å². The topological polar surface area (TPSA) is 111 Å². The molecule has 0 saturated heterocycles. The second kappa shape index (κ2) is 13.1. The van der Waals surface area contributed by atoms with E-state index in [9.17, 15) is 23.2 Å². The minimum Gasteiger partial charge on any atom is -0.437 e. The fraction of sp³-hybridized carbons (Fsp3) is 0.286. The van der Waals surface area contributed by atoms with E-state index in [2.05, 4.69) is 15.5 Å². The molecule has 0 radical (unpaired) electrons. The number of carbonyl (C=O) groups excluding carboxylic acids is 3. The van der Waals surface area contributed by atoms with Crippen LogP contribution in [0.5, 0.6) is 11.6 Å². The van der Waals surface area contributed by atoms with Gasteiger partial charge in [0, 0.05) is 5.56 Å². The van der Waals surface area contributed by atoms with Gasteiger partial charge in [-0.05, 0) is 86.9 Å². The van der Waals surface area contributed by atoms with Crippen molar-refractivity contribution in [1.82, 2.24) is 20.6 Å². The van der Waals surface area contributed by atoms with Gasteiger partial charge in [-0.3, -0.25) is 19.2 Å². The van der Waals surface area contributed by atoms with E-state index in [-0.39, 0.29) is 40.5 Å². The molecule has 1 atom stereocenters. The number of imide groups is 1. The number of hydrogen-bond donors (Lipinski definition) is 1. The normalized spacial score (nSPS) is 14.7. The van der Waals surface area contributed by atoms with Crippen LogP contribution in [0, 0.1) is 13.8 Å². The Labute approximate surface area is 264 Å². The summed E-state index contributed by atoms with van der Waals surface area (Å²) in [5.41, 5.74) is 4.82. The van der Waals surface area contributed by atoms with Gasteiger partial charge in [-0.1, -0.05) is 48.0 Å². The van der Waals surface area contributed by atoms with Crippen molar-refractivity contribution in [3.8, 4) is 11.6 Å². The van der Waals surface area contributed by atoms with Gasteiger partial charge in [0.15, 0.2) is 0 Å². The Morgan fingerprint density at radius 3 is 2.39 bits per heavy atom. The predicted octanol–water partition coefficient (Wildman–Crippen LogP) is 6.27. The number of nitrogens with one attached hydrogen (secondary N) is 1. The first-order chi connectivity index (χ1) is 22.2. The van der Waals surface area contributed by atoms with E-state index in [1.807, 2.05) is 32.0 Å². The van der Waals surface area contributed by atoms with Crippen molar-refractivity contribution in [2.45, 2.75) is 58.4 Å². The molecular formula is C35H32F2N4O5. The zero-order chi connectivity index (χ0) is 32.4. The van der Waals surface area contributed by atoms with Crippen molar-refractivity contribution in [2.75, 3.05) is 6.61 Å². The molecule has 6 rings (SSSR count). The maximum atomic E-state index is 14.2. The third kappa shape index (κ3) is 6.36. The predicted molar refractivity (Wildman–Crippen MR) is 164 cm³/mol. The molecule has 1 aliphatic carbocycles. The number of hydroxylamine groups is 2. The number of amides is 3. The first-order valence-electron chi connectivity index (χ1n) is 15.1. The molecule has 0 unspecified atom stereocenters. The average molecular weight is 627 g/mol. The fourth-order valence-electron chi connectivity index (χ4n) is 5.88. The smallest absolute Gasteiger partial charge is 0.285 e. The lowest BCUT2D eigenvalue weighted by atomic mass is 9.92. The molecular weight excluding hydrogens is 594 g/mol. The van der Waals surface area contributed by atoms with Gasteiger partial charge in [0.2, 0.25) is 0 Å². The van der Waals surface area contributed by atoms with Crippen LogP contribution >= 0.6 is 0 Å². The van der Waals surface area contributed by atoms with Crippen LogP contribution in [0.25, 0.3) is 0 Å². The number of halogens is 2. The second-order valence-electron chi connectivity index (χ2n) is 11.5. The standard InChI is InChI=1S/C35H32F2N4O5/c1-20-14-15-22(21(2)16-20)17-24(19-45-41-34(43)26-10-3-4-11-27(26)35(41)44)38-32(42)30-28-12-5-6-13-29(28)39-40-33(30)46-25-9-7-8-23(18-25)31(36)37/h3-4,7-11,14-16,18,24,31H,5-6,12-13,17,19H2,1-2H3,(H,38,42)/t24-/m1/s1. The minimum atomic E-state index is -2.70. The van der Waals surface area contributed by atoms with Crippen molar-refractivity contribution >= 4 is 17.7 Å². The Bertz CT molecular complexity index is 1790. The summed E-state index contributed by atoms with van der Waals surface area (Å²) in [6.45, 7) is 3.76. The molecule has 4 aromatic rings. The molecule has 0 saturated carbocycles. The molecule has 11 heteroatoms. The van der Waals surface area contributed by atoms with E-state index in [1.165, 1.54) is 24.3 Å². The summed E-state index contributed by atoms with van der Waals surface area (Å²) in [5.74, 6) is -1.68. The van der Waals surface area contributed by atoms with E-state index < -0.39 is 30.2 Å². The molecule has 1 aromatic heterocycles. The van der Waals surface area contributed by atoms with E-state index in [1.54, 1.807) is 24.3 Å². The largest absolute Gasteiger partial charge is 0.437 e. The molecule has 1 N–H and O–H groups in total. The Kier molecular flexibility index (Phi) is 8.85. The number of carbonyl (C=O) groups is 3. The zero-order valence-electron chi connectivity index (χ0n) is 25.4. The monoisotopic (exact) mass is 626 g/mol. The molecule has 1 aliphatic heterocycles. The quantitative estimate of drug-likeness (QED) is 0.207. The van der Waals surface area contributed by atoms with Crippen molar-refractivity contribution in [2.24, 2.45) is 0 Å². The molecule has 2 aliphatic rings. The number of rotatable bonds is 10. The van der Waals surface area contributed by atoms with Gasteiger partial charge in [0.25, 0.3) is 30.0 Å². The van der Waals surface area contributed by atoms with Crippen LogP contribution in [0.1, 0.15) is 83.9 Å². The Morgan fingerprint density at radius 2 is 1.67 bits per heavy atom. The molecule has 236 valence electrons. The van der Waals surface area contributed by atoms with Crippen LogP contribution in [0.4, 0.5) is 8.78 Å². The van der Waals surface area contributed by atoms with E-state index in [0.717, 1.165) is 34.6 Å². The first-order valence-corrected chi connectivity index (χ1v) is 15.1. The molecule has 3 aromatic carbocycles. The van der Waals surface area contributed by atoms with Gasteiger partial charge >= 0.3 is 0 Å². The Morgan fingerprint density at radius 1 is 0.935 bits per heavy atom. The summed E-state index contributed by atoms with van der Waals surface area (Å²) >= 11 is 0. The summed E-state index contributed by atoms with van der Waals surface area (Å²) in [6, 6.07) is 17.2. The number of aromatic nitrogens is 2. The SMILES string of the molecule is Cc1ccc(C[C@H](CON2C(=O)c3ccccc3C2=O)NC(=O)c2c(Oc3cccc(C(F)F)c3)nnc3c2CCCC3)c(C)c1. The van der Waals surface area contributed by atoms with Gasteiger partial charge in [-0.15, -0.1) is 10.2 Å². The summed E-state index contributed by atoms with van der Waals surface area (Å²) in [4.78, 5) is 45.9. The highest BCUT2D eigenvalue weighted by Crippen LogP contribution is 2.32. The number of fused-ring (bicyclic) bond motifs is 2. The van der Waals surface area contributed by atoms with Gasteiger partial charge in [-0.25, -0.2) is 8.78 Å². The number of aryl methyl sites for hydroxylation is 3. The molecule has 2 heterocycles. The third-order valence-electron chi connectivity index (χ3n) is 8.23. The summed E-state index contributed by atoms with van der Waals surface area (Å²) in [6.07, 6.45) is 0.548. The highest BCUT2D eigenvalue weighted by molar-refractivity contribution is 6.20. The number of hydrogen-bond acceptors (Lipinski definition) is 7. The summed E-state index contributed by atoms with van der Waals surface area (Å²) < 4.78 is 32.7. The van der Waals surface area contributed by atoms with Crippen molar-refractivity contribution in [1.29, 1.82) is 0 Å². The number of alkyl halides is 2. The minimum absolute atomic E-state index is 0.0951. The van der Waals surface area contributed by atoms with Gasteiger partial charge < -0.3 is 10.1 Å². The van der Waals surface area contributed by atoms with E-state index >= 15 is 0 Å². The van der Waals surface area contributed by atoms with Crippen LogP contribution in [-0.2, 0) is 24.1 Å². The van der Waals surface area contributed by atoms with Crippen molar-refractivity contribution in [3.63, 3.8) is 0 Å². The van der Waals surface area contributed by atoms with Crippen LogP contribution in [0.2, 0.25) is 0 Å². The Hall–Kier alpha value is -5.03.